The maximum absolute atomic E-state index is 12.0. The summed E-state index contributed by atoms with van der Waals surface area (Å²) in [6, 6.07) is 8.74. The second kappa shape index (κ2) is 6.87. The Morgan fingerprint density at radius 1 is 1.28 bits per heavy atom. The quantitative estimate of drug-likeness (QED) is 0.825. The lowest BCUT2D eigenvalue weighted by molar-refractivity contribution is 0.248. The van der Waals surface area contributed by atoms with E-state index in [0.29, 0.717) is 11.7 Å². The van der Waals surface area contributed by atoms with E-state index in [1.165, 1.54) is 19.1 Å². The fourth-order valence-electron chi connectivity index (χ4n) is 2.66. The summed E-state index contributed by atoms with van der Waals surface area (Å²) in [5.74, 6) is 1.06. The van der Waals surface area contributed by atoms with Gasteiger partial charge in [-0.1, -0.05) is 12.1 Å². The normalized spacial score (nSPS) is 15.6. The highest BCUT2D eigenvalue weighted by atomic mass is 32.2. The van der Waals surface area contributed by atoms with Crippen LogP contribution in [0.3, 0.4) is 0 Å². The maximum Gasteiger partial charge on any atom is 0.320 e. The van der Waals surface area contributed by atoms with Crippen LogP contribution in [0, 0.1) is 5.92 Å². The van der Waals surface area contributed by atoms with Crippen LogP contribution >= 0.6 is 0 Å². The number of nitrogens with zero attached hydrogens (tertiary/aromatic N) is 2. The second-order valence-electron chi connectivity index (χ2n) is 6.61. The number of hydrogen-bond acceptors (Lipinski definition) is 4. The molecule has 25 heavy (non-hydrogen) atoms. The highest BCUT2D eigenvalue weighted by Gasteiger charge is 2.28. The zero-order valence-electron chi connectivity index (χ0n) is 14.3. The largest absolute Gasteiger partial charge is 0.335 e. The van der Waals surface area contributed by atoms with Gasteiger partial charge in [-0.05, 0) is 43.4 Å². The van der Waals surface area contributed by atoms with Crippen LogP contribution in [-0.2, 0) is 15.6 Å². The summed E-state index contributed by atoms with van der Waals surface area (Å²) in [4.78, 5) is 12.0. The molecule has 0 unspecified atom stereocenters. The Morgan fingerprint density at radius 3 is 2.56 bits per heavy atom. The molecule has 2 aromatic rings. The van der Waals surface area contributed by atoms with E-state index in [1.807, 2.05) is 6.92 Å². The van der Waals surface area contributed by atoms with Gasteiger partial charge in [-0.25, -0.2) is 17.9 Å². The molecule has 1 heterocycles. The lowest BCUT2D eigenvalue weighted by Crippen LogP contribution is -2.37. The van der Waals surface area contributed by atoms with Crippen LogP contribution in [0.5, 0.6) is 0 Å². The zero-order chi connectivity index (χ0) is 18.0. The first kappa shape index (κ1) is 17.5. The van der Waals surface area contributed by atoms with E-state index in [1.54, 1.807) is 41.2 Å². The highest BCUT2D eigenvalue weighted by molar-refractivity contribution is 7.89. The summed E-state index contributed by atoms with van der Waals surface area (Å²) in [7, 11) is -3.05. The first-order valence-corrected chi connectivity index (χ1v) is 10.3. The Hall–Kier alpha value is -2.35. The molecule has 2 N–H and O–H groups in total. The van der Waals surface area contributed by atoms with Gasteiger partial charge in [-0.3, -0.25) is 5.32 Å². The van der Waals surface area contributed by atoms with E-state index in [0.717, 1.165) is 11.3 Å². The Morgan fingerprint density at radius 2 is 1.96 bits per heavy atom. The molecule has 0 radical (unpaired) electrons. The number of urea groups is 1. The van der Waals surface area contributed by atoms with Crippen LogP contribution in [0.4, 0.5) is 10.6 Å². The van der Waals surface area contributed by atoms with E-state index in [9.17, 15) is 13.2 Å². The first-order chi connectivity index (χ1) is 11.8. The van der Waals surface area contributed by atoms with Gasteiger partial charge in [0.2, 0.25) is 0 Å². The van der Waals surface area contributed by atoms with Crippen LogP contribution < -0.4 is 10.6 Å². The fraction of sp³-hybridized carbons (Fsp3) is 0.412. The second-order valence-corrected chi connectivity index (χ2v) is 8.75. The number of nitrogens with one attached hydrogen (secondary N) is 2. The van der Waals surface area contributed by atoms with Gasteiger partial charge < -0.3 is 5.32 Å². The van der Waals surface area contributed by atoms with Crippen molar-refractivity contribution in [1.29, 1.82) is 0 Å². The van der Waals surface area contributed by atoms with Crippen molar-refractivity contribution in [3.05, 3.63) is 42.1 Å². The number of aromatic nitrogens is 2. The van der Waals surface area contributed by atoms with Crippen molar-refractivity contribution in [3.8, 4) is 5.69 Å². The summed E-state index contributed by atoms with van der Waals surface area (Å²) >= 11 is 0. The predicted octanol–water partition coefficient (Wildman–Crippen LogP) is 2.34. The number of carbonyl (C=O) groups is 1. The van der Waals surface area contributed by atoms with E-state index >= 15 is 0 Å². The third-order valence-corrected chi connectivity index (χ3v) is 5.01. The zero-order valence-corrected chi connectivity index (χ0v) is 15.1. The lowest BCUT2D eigenvalue weighted by Gasteiger charge is -2.12. The lowest BCUT2D eigenvalue weighted by atomic mass is 10.2. The molecule has 0 spiro atoms. The monoisotopic (exact) mass is 362 g/mol. The average Bonchev–Trinajstić information content (AvgIpc) is 3.27. The van der Waals surface area contributed by atoms with Crippen LogP contribution in [0.15, 0.2) is 36.5 Å². The van der Waals surface area contributed by atoms with Crippen molar-refractivity contribution in [3.63, 3.8) is 0 Å². The van der Waals surface area contributed by atoms with Gasteiger partial charge in [0.25, 0.3) is 0 Å². The fourth-order valence-corrected chi connectivity index (χ4v) is 3.45. The molecular formula is C17H22N4O3S. The first-order valence-electron chi connectivity index (χ1n) is 8.20. The molecule has 0 aliphatic heterocycles. The predicted molar refractivity (Wildman–Crippen MR) is 96.5 cm³/mol. The molecule has 2 amide bonds. The van der Waals surface area contributed by atoms with E-state index in [-0.39, 0.29) is 17.8 Å². The molecule has 1 aromatic heterocycles. The topological polar surface area (TPSA) is 93.1 Å². The Kier molecular flexibility index (Phi) is 4.80. The Labute approximate surface area is 147 Å². The van der Waals surface area contributed by atoms with E-state index in [4.69, 9.17) is 0 Å². The van der Waals surface area contributed by atoms with Crippen LogP contribution in [0.25, 0.3) is 5.69 Å². The van der Waals surface area contributed by atoms with Crippen molar-refractivity contribution in [2.45, 2.75) is 31.6 Å². The SMILES string of the molecule is C[C@H](NC(=O)Nc1ccn(-c2ccc(CS(C)(=O)=O)cc2)n1)C1CC1. The molecule has 7 nitrogen and oxygen atoms in total. The van der Waals surface area contributed by atoms with Gasteiger partial charge in [0.15, 0.2) is 15.7 Å². The van der Waals surface area contributed by atoms with Gasteiger partial charge in [-0.2, -0.15) is 0 Å². The molecule has 1 aliphatic carbocycles. The van der Waals surface area contributed by atoms with E-state index in [2.05, 4.69) is 15.7 Å². The average molecular weight is 362 g/mol. The number of rotatable bonds is 6. The third-order valence-electron chi connectivity index (χ3n) is 4.15. The molecule has 134 valence electrons. The number of carbonyl (C=O) groups excluding carboxylic acids is 1. The number of hydrogen-bond donors (Lipinski definition) is 2. The summed E-state index contributed by atoms with van der Waals surface area (Å²) in [5.41, 5.74) is 1.52. The summed E-state index contributed by atoms with van der Waals surface area (Å²) < 4.78 is 24.3. The van der Waals surface area contributed by atoms with Gasteiger partial charge in [-0.15, -0.1) is 5.10 Å². The standard InChI is InChI=1S/C17H22N4O3S/c1-12(14-5-6-14)18-17(22)19-16-9-10-21(20-16)15-7-3-13(4-8-15)11-25(2,23)24/h3-4,7-10,12,14H,5-6,11H2,1-2H3,(H2,18,19,20,22)/t12-/m0/s1. The summed E-state index contributed by atoms with van der Waals surface area (Å²) in [6.45, 7) is 2.01. The van der Waals surface area contributed by atoms with Crippen molar-refractivity contribution < 1.29 is 13.2 Å². The Balaban J connectivity index is 1.61. The molecule has 1 fully saturated rings. The number of amides is 2. The van der Waals surface area contributed by atoms with Crippen molar-refractivity contribution in [2.24, 2.45) is 5.92 Å². The molecule has 8 heteroatoms. The minimum atomic E-state index is -3.05. The minimum absolute atomic E-state index is 0.0124. The van der Waals surface area contributed by atoms with Gasteiger partial charge in [0.05, 0.1) is 11.4 Å². The number of benzene rings is 1. The van der Waals surface area contributed by atoms with Crippen LogP contribution in [-0.4, -0.2) is 36.5 Å². The molecular weight excluding hydrogens is 340 g/mol. The number of anilines is 1. The summed E-state index contributed by atoms with van der Waals surface area (Å²) in [5, 5.41) is 9.96. The van der Waals surface area contributed by atoms with Gasteiger partial charge >= 0.3 is 6.03 Å². The third kappa shape index (κ3) is 5.06. The molecule has 3 rings (SSSR count). The molecule has 0 saturated heterocycles. The molecule has 1 saturated carbocycles. The summed E-state index contributed by atoms with van der Waals surface area (Å²) in [6.07, 6.45) is 5.30. The molecule has 0 bridgehead atoms. The minimum Gasteiger partial charge on any atom is -0.335 e. The van der Waals surface area contributed by atoms with E-state index < -0.39 is 9.84 Å². The van der Waals surface area contributed by atoms with Gasteiger partial charge in [0.1, 0.15) is 0 Å². The van der Waals surface area contributed by atoms with Crippen LogP contribution in [0.1, 0.15) is 25.3 Å². The highest BCUT2D eigenvalue weighted by Crippen LogP contribution is 2.32. The van der Waals surface area contributed by atoms with Crippen molar-refractivity contribution in [1.82, 2.24) is 15.1 Å². The van der Waals surface area contributed by atoms with Crippen LogP contribution in [0.2, 0.25) is 0 Å². The van der Waals surface area contributed by atoms with Crippen molar-refractivity contribution >= 4 is 21.7 Å². The molecule has 1 aromatic carbocycles. The smallest absolute Gasteiger partial charge is 0.320 e. The van der Waals surface area contributed by atoms with Crippen molar-refractivity contribution in [2.75, 3.05) is 11.6 Å². The molecule has 1 aliphatic rings. The number of sulfone groups is 1. The maximum atomic E-state index is 12.0. The molecule has 1 atom stereocenters. The van der Waals surface area contributed by atoms with Gasteiger partial charge in [0, 0.05) is 24.6 Å². The Bertz CT molecular complexity index is 854.